The van der Waals surface area contributed by atoms with Crippen LogP contribution in [0.4, 0.5) is 0 Å². The molecule has 0 aliphatic rings. The highest BCUT2D eigenvalue weighted by Gasteiger charge is 2.13. The minimum atomic E-state index is -0.0834. The maximum atomic E-state index is 8.73. The van der Waals surface area contributed by atoms with Crippen LogP contribution in [0.2, 0.25) is 5.02 Å². The Bertz CT molecular complexity index is 557. The number of hydrogen-bond donors (Lipinski definition) is 2. The molecule has 0 bridgehead atoms. The lowest BCUT2D eigenvalue weighted by Crippen LogP contribution is -2.15. The number of rotatable bonds is 4. The summed E-state index contributed by atoms with van der Waals surface area (Å²) in [5.41, 5.74) is 7.67. The maximum Gasteiger partial charge on any atom is 0.175 e. The molecule has 0 saturated carbocycles. The summed E-state index contributed by atoms with van der Waals surface area (Å²) in [7, 11) is 0. The third kappa shape index (κ3) is 2.72. The molecular weight excluding hydrogens is 274 g/mol. The SMILES string of the molecule is N/C(=N/O)c1c(Cl)cccc1OCc1cncs1. The highest BCUT2D eigenvalue weighted by molar-refractivity contribution is 7.09. The average Bonchev–Trinajstić information content (AvgIpc) is 2.88. The summed E-state index contributed by atoms with van der Waals surface area (Å²) in [6, 6.07) is 5.09. The number of nitrogens with two attached hydrogens (primary N) is 1. The summed E-state index contributed by atoms with van der Waals surface area (Å²) in [6.07, 6.45) is 1.72. The van der Waals surface area contributed by atoms with Crippen LogP contribution in [0.25, 0.3) is 0 Å². The van der Waals surface area contributed by atoms with Gasteiger partial charge in [0.05, 0.1) is 21.0 Å². The molecule has 2 aromatic rings. The average molecular weight is 284 g/mol. The smallest absolute Gasteiger partial charge is 0.175 e. The lowest BCUT2D eigenvalue weighted by atomic mass is 10.2. The first-order valence-electron chi connectivity index (χ1n) is 4.99. The quantitative estimate of drug-likeness (QED) is 0.391. The predicted octanol–water partition coefficient (Wildman–Crippen LogP) is 2.47. The zero-order valence-electron chi connectivity index (χ0n) is 9.21. The standard InChI is InChI=1S/C11H10ClN3O2S/c12-8-2-1-3-9(10(8)11(13)15-16)17-5-7-4-14-6-18-7/h1-4,6,16H,5H2,(H2,13,15). The predicted molar refractivity (Wildman–Crippen MR) is 70.4 cm³/mol. The summed E-state index contributed by atoms with van der Waals surface area (Å²) < 4.78 is 5.60. The number of amidine groups is 1. The summed E-state index contributed by atoms with van der Waals surface area (Å²) >= 11 is 7.49. The Morgan fingerprint density at radius 2 is 2.39 bits per heavy atom. The molecule has 0 saturated heterocycles. The van der Waals surface area contributed by atoms with Crippen LogP contribution >= 0.6 is 22.9 Å². The van der Waals surface area contributed by atoms with E-state index >= 15 is 0 Å². The van der Waals surface area contributed by atoms with Crippen LogP contribution in [0.15, 0.2) is 35.1 Å². The van der Waals surface area contributed by atoms with Crippen molar-refractivity contribution in [2.45, 2.75) is 6.61 Å². The van der Waals surface area contributed by atoms with Crippen molar-refractivity contribution in [2.24, 2.45) is 10.9 Å². The Morgan fingerprint density at radius 3 is 3.06 bits per heavy atom. The van der Waals surface area contributed by atoms with E-state index in [0.29, 0.717) is 22.9 Å². The molecule has 0 fully saturated rings. The van der Waals surface area contributed by atoms with E-state index in [9.17, 15) is 0 Å². The second kappa shape index (κ2) is 5.70. The van der Waals surface area contributed by atoms with Crippen molar-refractivity contribution in [2.75, 3.05) is 0 Å². The number of oxime groups is 1. The summed E-state index contributed by atoms with van der Waals surface area (Å²) in [5, 5.41) is 12.0. The summed E-state index contributed by atoms with van der Waals surface area (Å²) in [6.45, 7) is 0.358. The maximum absolute atomic E-state index is 8.73. The highest BCUT2D eigenvalue weighted by Crippen LogP contribution is 2.27. The molecular formula is C11H10ClN3O2S. The van der Waals surface area contributed by atoms with E-state index in [1.165, 1.54) is 11.3 Å². The van der Waals surface area contributed by atoms with Gasteiger partial charge in [-0.2, -0.15) is 0 Å². The van der Waals surface area contributed by atoms with E-state index in [1.807, 2.05) is 0 Å². The molecule has 1 aromatic heterocycles. The van der Waals surface area contributed by atoms with E-state index < -0.39 is 0 Å². The number of aromatic nitrogens is 1. The Morgan fingerprint density at radius 1 is 1.56 bits per heavy atom. The molecule has 0 aliphatic heterocycles. The number of ether oxygens (including phenoxy) is 1. The van der Waals surface area contributed by atoms with Crippen LogP contribution in [0.3, 0.4) is 0 Å². The van der Waals surface area contributed by atoms with Crippen molar-refractivity contribution >= 4 is 28.8 Å². The Hall–Kier alpha value is -1.79. The molecule has 0 unspecified atom stereocenters. The van der Waals surface area contributed by atoms with Crippen LogP contribution in [-0.4, -0.2) is 16.0 Å². The van der Waals surface area contributed by atoms with Crippen molar-refractivity contribution in [1.82, 2.24) is 4.98 Å². The van der Waals surface area contributed by atoms with Crippen molar-refractivity contribution in [3.63, 3.8) is 0 Å². The first-order chi connectivity index (χ1) is 8.72. The number of benzene rings is 1. The van der Waals surface area contributed by atoms with Crippen molar-refractivity contribution in [1.29, 1.82) is 0 Å². The summed E-state index contributed by atoms with van der Waals surface area (Å²) in [4.78, 5) is 4.92. The van der Waals surface area contributed by atoms with Gasteiger partial charge in [-0.1, -0.05) is 22.8 Å². The molecule has 0 aliphatic carbocycles. The van der Waals surface area contributed by atoms with Crippen LogP contribution < -0.4 is 10.5 Å². The van der Waals surface area contributed by atoms with E-state index in [2.05, 4.69) is 10.1 Å². The molecule has 1 heterocycles. The molecule has 3 N–H and O–H groups in total. The van der Waals surface area contributed by atoms with Crippen molar-refractivity contribution < 1.29 is 9.94 Å². The van der Waals surface area contributed by atoms with Gasteiger partial charge in [0, 0.05) is 6.20 Å². The van der Waals surface area contributed by atoms with Gasteiger partial charge in [0.1, 0.15) is 12.4 Å². The van der Waals surface area contributed by atoms with Gasteiger partial charge in [0.25, 0.3) is 0 Å². The van der Waals surface area contributed by atoms with Gasteiger partial charge < -0.3 is 15.7 Å². The lowest BCUT2D eigenvalue weighted by Gasteiger charge is -2.10. The fourth-order valence-corrected chi connectivity index (χ4v) is 2.15. The number of hydrogen-bond acceptors (Lipinski definition) is 5. The van der Waals surface area contributed by atoms with E-state index in [0.717, 1.165) is 4.88 Å². The van der Waals surface area contributed by atoms with Gasteiger partial charge in [-0.25, -0.2) is 0 Å². The Balaban J connectivity index is 2.24. The van der Waals surface area contributed by atoms with Gasteiger partial charge in [0.15, 0.2) is 5.84 Å². The number of halogens is 1. The molecule has 18 heavy (non-hydrogen) atoms. The molecule has 1 aromatic carbocycles. The van der Waals surface area contributed by atoms with Crippen molar-refractivity contribution in [3.8, 4) is 5.75 Å². The molecule has 5 nitrogen and oxygen atoms in total. The third-order valence-electron chi connectivity index (χ3n) is 2.19. The van der Waals surface area contributed by atoms with Crippen LogP contribution in [-0.2, 0) is 6.61 Å². The van der Waals surface area contributed by atoms with E-state index in [4.69, 9.17) is 27.3 Å². The van der Waals surface area contributed by atoms with E-state index in [-0.39, 0.29) is 5.84 Å². The van der Waals surface area contributed by atoms with Crippen LogP contribution in [0, 0.1) is 0 Å². The minimum Gasteiger partial charge on any atom is -0.487 e. The first kappa shape index (κ1) is 12.7. The van der Waals surface area contributed by atoms with Gasteiger partial charge in [-0.3, -0.25) is 4.98 Å². The fourth-order valence-electron chi connectivity index (χ4n) is 1.39. The fraction of sp³-hybridized carbons (Fsp3) is 0.0909. The van der Waals surface area contributed by atoms with E-state index in [1.54, 1.807) is 29.9 Å². The summed E-state index contributed by atoms with van der Waals surface area (Å²) in [5.74, 6) is 0.381. The second-order valence-electron chi connectivity index (χ2n) is 3.35. The zero-order valence-corrected chi connectivity index (χ0v) is 10.8. The van der Waals surface area contributed by atoms with Crippen LogP contribution in [0.1, 0.15) is 10.4 Å². The Labute approximate surface area is 112 Å². The largest absolute Gasteiger partial charge is 0.487 e. The molecule has 0 amide bonds. The van der Waals surface area contributed by atoms with Crippen LogP contribution in [0.5, 0.6) is 5.75 Å². The topological polar surface area (TPSA) is 80.7 Å². The molecule has 7 heteroatoms. The van der Waals surface area contributed by atoms with Gasteiger partial charge in [-0.15, -0.1) is 11.3 Å². The lowest BCUT2D eigenvalue weighted by molar-refractivity contribution is 0.306. The molecule has 0 atom stereocenters. The third-order valence-corrected chi connectivity index (χ3v) is 3.26. The monoisotopic (exact) mass is 283 g/mol. The molecule has 0 radical (unpaired) electrons. The number of thiazole rings is 1. The number of nitrogens with zero attached hydrogens (tertiary/aromatic N) is 2. The Kier molecular flexibility index (Phi) is 4.01. The molecule has 0 spiro atoms. The van der Waals surface area contributed by atoms with Gasteiger partial charge in [-0.05, 0) is 12.1 Å². The molecule has 94 valence electrons. The van der Waals surface area contributed by atoms with Crippen molar-refractivity contribution in [3.05, 3.63) is 45.4 Å². The minimum absolute atomic E-state index is 0.0834. The highest BCUT2D eigenvalue weighted by atomic mass is 35.5. The molecule has 2 rings (SSSR count). The zero-order chi connectivity index (χ0) is 13.0. The second-order valence-corrected chi connectivity index (χ2v) is 4.73. The van der Waals surface area contributed by atoms with Gasteiger partial charge >= 0.3 is 0 Å². The van der Waals surface area contributed by atoms with Gasteiger partial charge in [0.2, 0.25) is 0 Å². The normalized spacial score (nSPS) is 11.5. The first-order valence-corrected chi connectivity index (χ1v) is 6.24.